The van der Waals surface area contributed by atoms with Crippen molar-refractivity contribution in [2.24, 2.45) is 0 Å². The Labute approximate surface area is 232 Å². The summed E-state index contributed by atoms with van der Waals surface area (Å²) in [6, 6.07) is 16.6. The van der Waals surface area contributed by atoms with Crippen molar-refractivity contribution < 1.29 is 22.4 Å². The van der Waals surface area contributed by atoms with Gasteiger partial charge in [-0.2, -0.15) is 0 Å². The summed E-state index contributed by atoms with van der Waals surface area (Å²) in [4.78, 5) is 27.8. The van der Waals surface area contributed by atoms with Crippen LogP contribution in [-0.2, 0) is 26.2 Å². The maximum absolute atomic E-state index is 13.8. The Hall–Kier alpha value is -3.14. The first kappa shape index (κ1) is 29.4. The SMILES string of the molecule is CCCNC(=O)[C@@H](C)N(Cc1ccc(F)cc1)C(=O)CN(c1cccc(Cl)c1Cl)S(=O)(=O)c1ccccc1. The van der Waals surface area contributed by atoms with Crippen LogP contribution in [0, 0.1) is 5.82 Å². The summed E-state index contributed by atoms with van der Waals surface area (Å²) in [6.07, 6.45) is 0.695. The van der Waals surface area contributed by atoms with Gasteiger partial charge in [0.25, 0.3) is 10.0 Å². The number of carbonyl (C=O) groups is 2. The second-order valence-electron chi connectivity index (χ2n) is 8.51. The van der Waals surface area contributed by atoms with Gasteiger partial charge in [-0.15, -0.1) is 0 Å². The molecular weight excluding hydrogens is 552 g/mol. The lowest BCUT2D eigenvalue weighted by Gasteiger charge is -2.32. The van der Waals surface area contributed by atoms with E-state index in [0.29, 0.717) is 18.5 Å². The third-order valence-electron chi connectivity index (χ3n) is 5.79. The van der Waals surface area contributed by atoms with Crippen LogP contribution in [0.15, 0.2) is 77.7 Å². The van der Waals surface area contributed by atoms with E-state index in [1.54, 1.807) is 25.1 Å². The van der Waals surface area contributed by atoms with Gasteiger partial charge < -0.3 is 10.2 Å². The zero-order chi connectivity index (χ0) is 27.9. The van der Waals surface area contributed by atoms with Crippen molar-refractivity contribution in [1.29, 1.82) is 0 Å². The van der Waals surface area contributed by atoms with Crippen LogP contribution in [0.2, 0.25) is 10.0 Å². The van der Waals surface area contributed by atoms with Crippen molar-refractivity contribution in [2.75, 3.05) is 17.4 Å². The highest BCUT2D eigenvalue weighted by atomic mass is 35.5. The van der Waals surface area contributed by atoms with Crippen LogP contribution >= 0.6 is 23.2 Å². The normalized spacial score (nSPS) is 12.0. The molecule has 0 aliphatic rings. The molecule has 1 atom stereocenters. The molecule has 7 nitrogen and oxygen atoms in total. The number of rotatable bonds is 11. The minimum atomic E-state index is -4.27. The zero-order valence-corrected chi connectivity index (χ0v) is 23.2. The van der Waals surface area contributed by atoms with Gasteiger partial charge in [0.1, 0.15) is 18.4 Å². The predicted octanol–water partition coefficient (Wildman–Crippen LogP) is 5.27. The summed E-state index contributed by atoms with van der Waals surface area (Å²) in [5, 5.41) is 2.83. The van der Waals surface area contributed by atoms with E-state index in [2.05, 4.69) is 5.32 Å². The molecule has 3 aromatic rings. The maximum atomic E-state index is 13.8. The molecule has 0 aromatic heterocycles. The van der Waals surface area contributed by atoms with E-state index in [9.17, 15) is 22.4 Å². The van der Waals surface area contributed by atoms with E-state index in [-0.39, 0.29) is 27.2 Å². The van der Waals surface area contributed by atoms with E-state index in [1.165, 1.54) is 59.5 Å². The number of carbonyl (C=O) groups excluding carboxylic acids is 2. The second-order valence-corrected chi connectivity index (χ2v) is 11.2. The fourth-order valence-corrected chi connectivity index (χ4v) is 5.58. The second kappa shape index (κ2) is 13.1. The first-order chi connectivity index (χ1) is 18.1. The fourth-order valence-electron chi connectivity index (χ4n) is 3.68. The van der Waals surface area contributed by atoms with Gasteiger partial charge in [-0.25, -0.2) is 12.8 Å². The molecule has 0 bridgehead atoms. The Morgan fingerprint density at radius 1 is 0.974 bits per heavy atom. The average Bonchev–Trinajstić information content (AvgIpc) is 2.91. The van der Waals surface area contributed by atoms with E-state index >= 15 is 0 Å². The van der Waals surface area contributed by atoms with E-state index in [4.69, 9.17) is 23.2 Å². The summed E-state index contributed by atoms with van der Waals surface area (Å²) in [5.74, 6) is -1.51. The molecule has 0 heterocycles. The van der Waals surface area contributed by atoms with Crippen LogP contribution in [0.5, 0.6) is 0 Å². The quantitative estimate of drug-likeness (QED) is 0.335. The topological polar surface area (TPSA) is 86.8 Å². The zero-order valence-electron chi connectivity index (χ0n) is 20.9. The van der Waals surface area contributed by atoms with Crippen LogP contribution in [-0.4, -0.2) is 44.3 Å². The number of hydrogen-bond acceptors (Lipinski definition) is 4. The van der Waals surface area contributed by atoms with Gasteiger partial charge in [-0.05, 0) is 55.3 Å². The molecule has 3 rings (SSSR count). The van der Waals surface area contributed by atoms with Crippen LogP contribution in [0.3, 0.4) is 0 Å². The van der Waals surface area contributed by atoms with Crippen molar-refractivity contribution in [1.82, 2.24) is 10.2 Å². The monoisotopic (exact) mass is 579 g/mol. The summed E-state index contributed by atoms with van der Waals surface area (Å²) in [6.45, 7) is 3.14. The van der Waals surface area contributed by atoms with Crippen molar-refractivity contribution in [3.05, 3.63) is 94.2 Å². The number of hydrogen-bond donors (Lipinski definition) is 1. The number of sulfonamides is 1. The maximum Gasteiger partial charge on any atom is 0.264 e. The smallest absolute Gasteiger partial charge is 0.264 e. The number of amides is 2. The number of nitrogens with zero attached hydrogens (tertiary/aromatic N) is 2. The van der Waals surface area contributed by atoms with Crippen LogP contribution in [0.25, 0.3) is 0 Å². The first-order valence-corrected chi connectivity index (χ1v) is 14.1. The minimum Gasteiger partial charge on any atom is -0.354 e. The Kier molecular flexibility index (Phi) is 10.1. The molecule has 2 amide bonds. The molecule has 0 saturated carbocycles. The van der Waals surface area contributed by atoms with Crippen molar-refractivity contribution >= 4 is 50.7 Å². The summed E-state index contributed by atoms with van der Waals surface area (Å²) >= 11 is 12.6. The molecule has 0 fully saturated rings. The molecule has 0 radical (unpaired) electrons. The number of benzene rings is 3. The summed E-state index contributed by atoms with van der Waals surface area (Å²) in [7, 11) is -4.27. The molecule has 3 aromatic carbocycles. The van der Waals surface area contributed by atoms with Gasteiger partial charge in [0.05, 0.1) is 20.6 Å². The van der Waals surface area contributed by atoms with Gasteiger partial charge in [0, 0.05) is 13.1 Å². The lowest BCUT2D eigenvalue weighted by Crippen LogP contribution is -2.51. The molecule has 0 saturated heterocycles. The Morgan fingerprint density at radius 3 is 2.26 bits per heavy atom. The number of halogens is 3. The van der Waals surface area contributed by atoms with Gasteiger partial charge in [-0.1, -0.05) is 66.5 Å². The summed E-state index contributed by atoms with van der Waals surface area (Å²) in [5.41, 5.74) is 0.578. The highest BCUT2D eigenvalue weighted by Gasteiger charge is 2.33. The van der Waals surface area contributed by atoms with E-state index < -0.39 is 40.2 Å². The van der Waals surface area contributed by atoms with Crippen LogP contribution in [0.4, 0.5) is 10.1 Å². The molecular formula is C27H28Cl2FN3O4S. The lowest BCUT2D eigenvalue weighted by atomic mass is 10.1. The lowest BCUT2D eigenvalue weighted by molar-refractivity contribution is -0.139. The highest BCUT2D eigenvalue weighted by Crippen LogP contribution is 2.35. The minimum absolute atomic E-state index is 0.0150. The van der Waals surface area contributed by atoms with Crippen molar-refractivity contribution in [3.63, 3.8) is 0 Å². The van der Waals surface area contributed by atoms with E-state index in [1.807, 2.05) is 6.92 Å². The molecule has 1 N–H and O–H groups in total. The van der Waals surface area contributed by atoms with E-state index in [0.717, 1.165) is 4.31 Å². The molecule has 38 heavy (non-hydrogen) atoms. The molecule has 0 spiro atoms. The predicted molar refractivity (Wildman–Crippen MR) is 147 cm³/mol. The summed E-state index contributed by atoms with van der Waals surface area (Å²) < 4.78 is 41.8. The van der Waals surface area contributed by atoms with Gasteiger partial charge in [0.15, 0.2) is 0 Å². The van der Waals surface area contributed by atoms with Gasteiger partial charge >= 0.3 is 0 Å². The average molecular weight is 581 g/mol. The van der Waals surface area contributed by atoms with Gasteiger partial charge in [0.2, 0.25) is 11.8 Å². The van der Waals surface area contributed by atoms with Crippen LogP contribution in [0.1, 0.15) is 25.8 Å². The number of nitrogens with one attached hydrogen (secondary N) is 1. The van der Waals surface area contributed by atoms with Crippen LogP contribution < -0.4 is 9.62 Å². The molecule has 0 aliphatic heterocycles. The standard InChI is InChI=1S/C27H28Cl2FN3O4S/c1-3-16-31-27(35)19(2)32(17-20-12-14-21(30)15-13-20)25(34)18-33(24-11-7-10-23(28)26(24)29)38(36,37)22-8-5-4-6-9-22/h4-15,19H,3,16-18H2,1-2H3,(H,31,35)/t19-/m1/s1. The highest BCUT2D eigenvalue weighted by molar-refractivity contribution is 7.92. The van der Waals surface area contributed by atoms with Gasteiger partial charge in [-0.3, -0.25) is 13.9 Å². The Morgan fingerprint density at radius 2 is 1.63 bits per heavy atom. The first-order valence-electron chi connectivity index (χ1n) is 11.9. The largest absolute Gasteiger partial charge is 0.354 e. The molecule has 11 heteroatoms. The molecule has 0 aliphatic carbocycles. The van der Waals surface area contributed by atoms with Crippen molar-refractivity contribution in [2.45, 2.75) is 37.8 Å². The molecule has 202 valence electrons. The molecule has 0 unspecified atom stereocenters. The Balaban J connectivity index is 2.04. The number of anilines is 1. The fraction of sp³-hybridized carbons (Fsp3) is 0.259. The Bertz CT molecular complexity index is 1370. The third kappa shape index (κ3) is 7.03. The third-order valence-corrected chi connectivity index (χ3v) is 8.38. The van der Waals surface area contributed by atoms with Crippen molar-refractivity contribution in [3.8, 4) is 0 Å².